The van der Waals surface area contributed by atoms with Crippen molar-refractivity contribution in [3.8, 4) is 5.75 Å². The Morgan fingerprint density at radius 1 is 1.19 bits per heavy atom. The van der Waals surface area contributed by atoms with Crippen LogP contribution in [0.2, 0.25) is 5.02 Å². The van der Waals surface area contributed by atoms with E-state index < -0.39 is 0 Å². The van der Waals surface area contributed by atoms with Gasteiger partial charge in [0.2, 0.25) is 0 Å². The molecule has 0 radical (unpaired) electrons. The number of morpholine rings is 1. The number of hydrogen-bond donors (Lipinski definition) is 1. The third-order valence-corrected chi connectivity index (χ3v) is 4.39. The Morgan fingerprint density at radius 3 is 2.62 bits per heavy atom. The minimum Gasteiger partial charge on any atom is -0.491 e. The van der Waals surface area contributed by atoms with Gasteiger partial charge in [-0.15, -0.1) is 0 Å². The summed E-state index contributed by atoms with van der Waals surface area (Å²) >= 11 is 6.06. The Bertz CT molecular complexity index is 743. The third-order valence-electron chi connectivity index (χ3n) is 4.16. The summed E-state index contributed by atoms with van der Waals surface area (Å²) in [7, 11) is 0. The molecule has 1 aliphatic rings. The predicted molar refractivity (Wildman–Crippen MR) is 105 cm³/mol. The quantitative estimate of drug-likeness (QED) is 0.822. The SMILES string of the molecule is CCCOc1ccc(Cl)cc1NC(=O)c1ccc(N2CCOCC2)cc1. The number of carbonyl (C=O) groups is 1. The summed E-state index contributed by atoms with van der Waals surface area (Å²) in [6.07, 6.45) is 0.888. The monoisotopic (exact) mass is 374 g/mol. The molecular weight excluding hydrogens is 352 g/mol. The number of amides is 1. The van der Waals surface area contributed by atoms with Crippen LogP contribution in [0, 0.1) is 0 Å². The van der Waals surface area contributed by atoms with E-state index in [1.54, 1.807) is 18.2 Å². The van der Waals surface area contributed by atoms with Crippen LogP contribution in [0.1, 0.15) is 23.7 Å². The molecule has 2 aromatic rings. The predicted octanol–water partition coefficient (Wildman–Crippen LogP) is 4.22. The second kappa shape index (κ2) is 8.92. The Labute approximate surface area is 158 Å². The third kappa shape index (κ3) is 4.68. The lowest BCUT2D eigenvalue weighted by Crippen LogP contribution is -2.36. The van der Waals surface area contributed by atoms with E-state index in [1.165, 1.54) is 0 Å². The molecule has 3 rings (SSSR count). The standard InChI is InChI=1S/C20H23ClN2O3/c1-2-11-26-19-8-5-16(21)14-18(19)22-20(24)15-3-6-17(7-4-15)23-9-12-25-13-10-23/h3-8,14H,2,9-13H2,1H3,(H,22,24). The van der Waals surface area contributed by atoms with E-state index >= 15 is 0 Å². The first-order chi connectivity index (χ1) is 12.7. The van der Waals surface area contributed by atoms with Crippen molar-refractivity contribution in [3.63, 3.8) is 0 Å². The first-order valence-electron chi connectivity index (χ1n) is 8.84. The lowest BCUT2D eigenvalue weighted by atomic mass is 10.1. The van der Waals surface area contributed by atoms with E-state index in [1.807, 2.05) is 31.2 Å². The van der Waals surface area contributed by atoms with Gasteiger partial charge < -0.3 is 19.7 Å². The largest absolute Gasteiger partial charge is 0.491 e. The maximum absolute atomic E-state index is 12.6. The summed E-state index contributed by atoms with van der Waals surface area (Å²) in [5.74, 6) is 0.427. The second-order valence-electron chi connectivity index (χ2n) is 6.09. The average molecular weight is 375 g/mol. The topological polar surface area (TPSA) is 50.8 Å². The zero-order chi connectivity index (χ0) is 18.4. The van der Waals surface area contributed by atoms with Gasteiger partial charge >= 0.3 is 0 Å². The molecule has 0 atom stereocenters. The number of nitrogens with zero attached hydrogens (tertiary/aromatic N) is 1. The van der Waals surface area contributed by atoms with Gasteiger partial charge in [-0.1, -0.05) is 18.5 Å². The Balaban J connectivity index is 1.70. The van der Waals surface area contributed by atoms with Crippen LogP contribution in [0.25, 0.3) is 0 Å². The van der Waals surface area contributed by atoms with E-state index in [9.17, 15) is 4.79 Å². The van der Waals surface area contributed by atoms with Crippen LogP contribution in [0.3, 0.4) is 0 Å². The van der Waals surface area contributed by atoms with Crippen molar-refractivity contribution in [1.82, 2.24) is 0 Å². The van der Waals surface area contributed by atoms with Gasteiger partial charge in [0.25, 0.3) is 5.91 Å². The molecule has 1 N–H and O–H groups in total. The summed E-state index contributed by atoms with van der Waals surface area (Å²) < 4.78 is 11.1. The van der Waals surface area contributed by atoms with Crippen LogP contribution in [0.15, 0.2) is 42.5 Å². The van der Waals surface area contributed by atoms with Crippen molar-refractivity contribution in [2.75, 3.05) is 43.1 Å². The summed E-state index contributed by atoms with van der Waals surface area (Å²) in [5, 5.41) is 3.44. The van der Waals surface area contributed by atoms with Gasteiger partial charge in [-0.3, -0.25) is 4.79 Å². The van der Waals surface area contributed by atoms with Gasteiger partial charge in [0.05, 0.1) is 25.5 Å². The molecule has 0 unspecified atom stereocenters. The number of rotatable bonds is 6. The first kappa shape index (κ1) is 18.5. The summed E-state index contributed by atoms with van der Waals surface area (Å²) in [6, 6.07) is 12.8. The molecule has 0 bridgehead atoms. The highest BCUT2D eigenvalue weighted by Crippen LogP contribution is 2.29. The Hall–Kier alpha value is -2.24. The number of nitrogens with one attached hydrogen (secondary N) is 1. The number of carbonyl (C=O) groups excluding carboxylic acids is 1. The Morgan fingerprint density at radius 2 is 1.92 bits per heavy atom. The minimum absolute atomic E-state index is 0.192. The molecule has 26 heavy (non-hydrogen) atoms. The molecule has 6 heteroatoms. The van der Waals surface area contributed by atoms with Gasteiger partial charge in [-0.25, -0.2) is 0 Å². The molecule has 1 fully saturated rings. The number of benzene rings is 2. The number of hydrogen-bond acceptors (Lipinski definition) is 4. The zero-order valence-electron chi connectivity index (χ0n) is 14.8. The fourth-order valence-electron chi connectivity index (χ4n) is 2.78. The fraction of sp³-hybridized carbons (Fsp3) is 0.350. The highest BCUT2D eigenvalue weighted by Gasteiger charge is 2.14. The van der Waals surface area contributed by atoms with Crippen LogP contribution in [-0.4, -0.2) is 38.8 Å². The summed E-state index contributed by atoms with van der Waals surface area (Å²) in [5.41, 5.74) is 2.26. The van der Waals surface area contributed by atoms with E-state index in [2.05, 4.69) is 10.2 Å². The van der Waals surface area contributed by atoms with Crippen LogP contribution in [0.5, 0.6) is 5.75 Å². The Kier molecular flexibility index (Phi) is 6.36. The molecule has 0 spiro atoms. The molecule has 138 valence electrons. The maximum Gasteiger partial charge on any atom is 0.255 e. The first-order valence-corrected chi connectivity index (χ1v) is 9.21. The van der Waals surface area contributed by atoms with Crippen LogP contribution >= 0.6 is 11.6 Å². The normalized spacial score (nSPS) is 14.2. The molecule has 1 heterocycles. The molecule has 0 aliphatic carbocycles. The molecule has 0 aromatic heterocycles. The lowest BCUT2D eigenvalue weighted by molar-refractivity contribution is 0.102. The number of anilines is 2. The molecule has 1 amide bonds. The maximum atomic E-state index is 12.6. The molecule has 1 saturated heterocycles. The molecular formula is C20H23ClN2O3. The molecule has 1 aliphatic heterocycles. The highest BCUT2D eigenvalue weighted by atomic mass is 35.5. The fourth-order valence-corrected chi connectivity index (χ4v) is 2.95. The van der Waals surface area contributed by atoms with E-state index in [-0.39, 0.29) is 5.91 Å². The van der Waals surface area contributed by atoms with Gasteiger partial charge in [-0.2, -0.15) is 0 Å². The van der Waals surface area contributed by atoms with Crippen molar-refractivity contribution < 1.29 is 14.3 Å². The van der Waals surface area contributed by atoms with Crippen LogP contribution in [-0.2, 0) is 4.74 Å². The average Bonchev–Trinajstić information content (AvgIpc) is 2.68. The summed E-state index contributed by atoms with van der Waals surface area (Å²) in [4.78, 5) is 14.8. The number of halogens is 1. The van der Waals surface area contributed by atoms with Crippen molar-refractivity contribution >= 4 is 28.9 Å². The van der Waals surface area contributed by atoms with Crippen LogP contribution in [0.4, 0.5) is 11.4 Å². The van der Waals surface area contributed by atoms with Gasteiger partial charge in [0.15, 0.2) is 0 Å². The summed E-state index contributed by atoms with van der Waals surface area (Å²) in [6.45, 7) is 5.82. The molecule has 0 saturated carbocycles. The van der Waals surface area contributed by atoms with Crippen molar-refractivity contribution in [1.29, 1.82) is 0 Å². The highest BCUT2D eigenvalue weighted by molar-refractivity contribution is 6.31. The zero-order valence-corrected chi connectivity index (χ0v) is 15.6. The molecule has 2 aromatic carbocycles. The van der Waals surface area contributed by atoms with Crippen molar-refractivity contribution in [2.24, 2.45) is 0 Å². The molecule has 5 nitrogen and oxygen atoms in total. The second-order valence-corrected chi connectivity index (χ2v) is 6.53. The van der Waals surface area contributed by atoms with Gasteiger partial charge in [-0.05, 0) is 48.9 Å². The van der Waals surface area contributed by atoms with Crippen molar-refractivity contribution in [3.05, 3.63) is 53.1 Å². The minimum atomic E-state index is -0.192. The van der Waals surface area contributed by atoms with E-state index in [4.69, 9.17) is 21.1 Å². The smallest absolute Gasteiger partial charge is 0.255 e. The van der Waals surface area contributed by atoms with Gasteiger partial charge in [0, 0.05) is 29.4 Å². The van der Waals surface area contributed by atoms with Crippen molar-refractivity contribution in [2.45, 2.75) is 13.3 Å². The van der Waals surface area contributed by atoms with Crippen LogP contribution < -0.4 is 15.0 Å². The lowest BCUT2D eigenvalue weighted by Gasteiger charge is -2.28. The van der Waals surface area contributed by atoms with E-state index in [0.717, 1.165) is 38.4 Å². The van der Waals surface area contributed by atoms with E-state index in [0.29, 0.717) is 28.6 Å². The number of ether oxygens (including phenoxy) is 2. The van der Waals surface area contributed by atoms with Gasteiger partial charge in [0.1, 0.15) is 5.75 Å².